The SMILES string of the molecule is CC(C)CNCc1occc1CN1CCC(N(C)C)CC1. The fourth-order valence-electron chi connectivity index (χ4n) is 2.97. The summed E-state index contributed by atoms with van der Waals surface area (Å²) in [6.07, 6.45) is 4.37. The molecule has 21 heavy (non-hydrogen) atoms. The molecule has 1 fully saturated rings. The number of nitrogens with one attached hydrogen (secondary N) is 1. The highest BCUT2D eigenvalue weighted by atomic mass is 16.3. The molecule has 4 heteroatoms. The van der Waals surface area contributed by atoms with E-state index in [2.05, 4.69) is 49.1 Å². The Morgan fingerprint density at radius 1 is 1.33 bits per heavy atom. The molecule has 0 atom stereocenters. The smallest absolute Gasteiger partial charge is 0.122 e. The molecule has 1 aromatic rings. The van der Waals surface area contributed by atoms with Crippen molar-refractivity contribution in [2.45, 2.75) is 45.8 Å². The van der Waals surface area contributed by atoms with Gasteiger partial charge in [-0.05, 0) is 58.6 Å². The molecule has 1 aliphatic rings. The Hall–Kier alpha value is -0.840. The van der Waals surface area contributed by atoms with Crippen molar-refractivity contribution in [1.82, 2.24) is 15.1 Å². The fraction of sp³-hybridized carbons (Fsp3) is 0.765. The summed E-state index contributed by atoms with van der Waals surface area (Å²) in [5.74, 6) is 1.78. The Balaban J connectivity index is 1.80. The lowest BCUT2D eigenvalue weighted by Crippen LogP contribution is -2.41. The zero-order valence-electron chi connectivity index (χ0n) is 14.1. The lowest BCUT2D eigenvalue weighted by Gasteiger charge is -2.35. The van der Waals surface area contributed by atoms with Crippen LogP contribution in [0, 0.1) is 5.92 Å². The van der Waals surface area contributed by atoms with Gasteiger partial charge in [0.25, 0.3) is 0 Å². The Kier molecular flexibility index (Phi) is 6.27. The second-order valence-corrected chi connectivity index (χ2v) is 6.86. The summed E-state index contributed by atoms with van der Waals surface area (Å²) >= 11 is 0. The van der Waals surface area contributed by atoms with Crippen LogP contribution in [0.5, 0.6) is 0 Å². The van der Waals surface area contributed by atoms with Crippen molar-refractivity contribution in [1.29, 1.82) is 0 Å². The van der Waals surface area contributed by atoms with Crippen LogP contribution < -0.4 is 5.32 Å². The molecule has 0 amide bonds. The topological polar surface area (TPSA) is 31.7 Å². The lowest BCUT2D eigenvalue weighted by atomic mass is 10.0. The number of hydrogen-bond donors (Lipinski definition) is 1. The largest absolute Gasteiger partial charge is 0.468 e. The molecule has 0 aliphatic carbocycles. The van der Waals surface area contributed by atoms with Crippen LogP contribution in [-0.4, -0.2) is 49.6 Å². The van der Waals surface area contributed by atoms with E-state index in [-0.39, 0.29) is 0 Å². The van der Waals surface area contributed by atoms with Crippen molar-refractivity contribution in [2.24, 2.45) is 5.92 Å². The van der Waals surface area contributed by atoms with E-state index in [1.807, 2.05) is 6.26 Å². The molecule has 1 aromatic heterocycles. The van der Waals surface area contributed by atoms with Gasteiger partial charge in [-0.1, -0.05) is 13.8 Å². The Bertz CT molecular complexity index is 406. The molecule has 0 spiro atoms. The quantitative estimate of drug-likeness (QED) is 0.837. The number of likely N-dealkylation sites (tertiary alicyclic amines) is 1. The van der Waals surface area contributed by atoms with Crippen molar-refractivity contribution in [3.63, 3.8) is 0 Å². The van der Waals surface area contributed by atoms with E-state index >= 15 is 0 Å². The second kappa shape index (κ2) is 7.97. The summed E-state index contributed by atoms with van der Waals surface area (Å²) in [5.41, 5.74) is 1.34. The second-order valence-electron chi connectivity index (χ2n) is 6.86. The highest BCUT2D eigenvalue weighted by molar-refractivity contribution is 5.17. The Morgan fingerprint density at radius 2 is 2.05 bits per heavy atom. The molecule has 1 aliphatic heterocycles. The summed E-state index contributed by atoms with van der Waals surface area (Å²) in [6.45, 7) is 9.73. The number of nitrogens with zero attached hydrogens (tertiary/aromatic N) is 2. The first-order chi connectivity index (χ1) is 10.1. The van der Waals surface area contributed by atoms with Crippen LogP contribution in [-0.2, 0) is 13.1 Å². The van der Waals surface area contributed by atoms with Crippen molar-refractivity contribution in [3.8, 4) is 0 Å². The zero-order chi connectivity index (χ0) is 15.2. The molecule has 120 valence electrons. The number of rotatable bonds is 7. The minimum absolute atomic E-state index is 0.675. The number of hydrogen-bond acceptors (Lipinski definition) is 4. The average Bonchev–Trinajstić information content (AvgIpc) is 2.86. The monoisotopic (exact) mass is 293 g/mol. The van der Waals surface area contributed by atoms with Gasteiger partial charge in [-0.15, -0.1) is 0 Å². The van der Waals surface area contributed by atoms with Crippen LogP contribution in [0.25, 0.3) is 0 Å². The summed E-state index contributed by atoms with van der Waals surface area (Å²) in [7, 11) is 4.38. The highest BCUT2D eigenvalue weighted by Gasteiger charge is 2.21. The molecule has 4 nitrogen and oxygen atoms in total. The van der Waals surface area contributed by atoms with Gasteiger partial charge in [0, 0.05) is 18.2 Å². The predicted molar refractivity (Wildman–Crippen MR) is 87.2 cm³/mol. The molecule has 0 unspecified atom stereocenters. The van der Waals surface area contributed by atoms with E-state index in [1.54, 1.807) is 0 Å². The minimum atomic E-state index is 0.675. The molecule has 1 N–H and O–H groups in total. The summed E-state index contributed by atoms with van der Waals surface area (Å²) in [4.78, 5) is 4.91. The van der Waals surface area contributed by atoms with Crippen LogP contribution in [0.15, 0.2) is 16.7 Å². The molecule has 0 bridgehead atoms. The lowest BCUT2D eigenvalue weighted by molar-refractivity contribution is 0.139. The molecule has 0 saturated carbocycles. The van der Waals surface area contributed by atoms with Crippen LogP contribution in [0.4, 0.5) is 0 Å². The molecular weight excluding hydrogens is 262 g/mol. The zero-order valence-corrected chi connectivity index (χ0v) is 14.1. The molecule has 0 aromatic carbocycles. The number of furan rings is 1. The summed E-state index contributed by atoms with van der Waals surface area (Å²) in [5, 5.41) is 3.47. The third-order valence-electron chi connectivity index (χ3n) is 4.36. The van der Waals surface area contributed by atoms with Crippen LogP contribution in [0.3, 0.4) is 0 Å². The van der Waals surface area contributed by atoms with Gasteiger partial charge < -0.3 is 14.6 Å². The normalized spacial score (nSPS) is 18.0. The van der Waals surface area contributed by atoms with E-state index < -0.39 is 0 Å². The maximum absolute atomic E-state index is 5.65. The third-order valence-corrected chi connectivity index (χ3v) is 4.36. The third kappa shape index (κ3) is 5.13. The summed E-state index contributed by atoms with van der Waals surface area (Å²) in [6, 6.07) is 2.88. The van der Waals surface area contributed by atoms with Gasteiger partial charge in [0.05, 0.1) is 12.8 Å². The predicted octanol–water partition coefficient (Wildman–Crippen LogP) is 2.55. The Morgan fingerprint density at radius 3 is 2.67 bits per heavy atom. The van der Waals surface area contributed by atoms with Crippen molar-refractivity contribution in [2.75, 3.05) is 33.7 Å². The first-order valence-electron chi connectivity index (χ1n) is 8.21. The van der Waals surface area contributed by atoms with Crippen molar-refractivity contribution in [3.05, 3.63) is 23.7 Å². The van der Waals surface area contributed by atoms with E-state index in [4.69, 9.17) is 4.42 Å². The molecule has 1 saturated heterocycles. The standard InChI is InChI=1S/C17H31N3O/c1-14(2)11-18-12-17-15(7-10-21-17)13-20-8-5-16(6-9-20)19(3)4/h7,10,14,16,18H,5-6,8-9,11-13H2,1-4H3. The number of piperidine rings is 1. The average molecular weight is 293 g/mol. The highest BCUT2D eigenvalue weighted by Crippen LogP contribution is 2.19. The first kappa shape index (κ1) is 16.5. The minimum Gasteiger partial charge on any atom is -0.468 e. The van der Waals surface area contributed by atoms with Crippen molar-refractivity contribution < 1.29 is 4.42 Å². The van der Waals surface area contributed by atoms with Gasteiger partial charge >= 0.3 is 0 Å². The molecular formula is C17H31N3O. The van der Waals surface area contributed by atoms with E-state index in [1.165, 1.54) is 31.5 Å². The van der Waals surface area contributed by atoms with Gasteiger partial charge in [-0.3, -0.25) is 4.90 Å². The Labute approximate surface area is 129 Å². The molecule has 2 rings (SSSR count). The van der Waals surface area contributed by atoms with Gasteiger partial charge in [0.2, 0.25) is 0 Å². The van der Waals surface area contributed by atoms with Crippen molar-refractivity contribution >= 4 is 0 Å². The van der Waals surface area contributed by atoms with Gasteiger partial charge in [-0.2, -0.15) is 0 Å². The van der Waals surface area contributed by atoms with Crippen LogP contribution >= 0.6 is 0 Å². The van der Waals surface area contributed by atoms with E-state index in [9.17, 15) is 0 Å². The van der Waals surface area contributed by atoms with E-state index in [0.717, 1.165) is 31.4 Å². The van der Waals surface area contributed by atoms with E-state index in [0.29, 0.717) is 5.92 Å². The van der Waals surface area contributed by atoms with Crippen LogP contribution in [0.2, 0.25) is 0 Å². The van der Waals surface area contributed by atoms with Gasteiger partial charge in [0.15, 0.2) is 0 Å². The maximum atomic E-state index is 5.65. The summed E-state index contributed by atoms with van der Waals surface area (Å²) < 4.78 is 5.65. The van der Waals surface area contributed by atoms with Gasteiger partial charge in [-0.25, -0.2) is 0 Å². The van der Waals surface area contributed by atoms with Crippen LogP contribution in [0.1, 0.15) is 38.0 Å². The molecule has 2 heterocycles. The first-order valence-corrected chi connectivity index (χ1v) is 8.21. The van der Waals surface area contributed by atoms with Gasteiger partial charge in [0.1, 0.15) is 5.76 Å². The maximum Gasteiger partial charge on any atom is 0.122 e. The fourth-order valence-corrected chi connectivity index (χ4v) is 2.97. The molecule has 0 radical (unpaired) electrons.